The lowest BCUT2D eigenvalue weighted by atomic mass is 10.0. The number of nitrogens with zero attached hydrogens (tertiary/aromatic N) is 5. The molecule has 2 atom stereocenters. The van der Waals surface area contributed by atoms with Crippen molar-refractivity contribution in [2.45, 2.75) is 44.8 Å². The fraction of sp³-hybridized carbons (Fsp3) is 0.389. The Balaban J connectivity index is 1.07. The van der Waals surface area contributed by atoms with Crippen LogP contribution >= 0.6 is 23.2 Å². The van der Waals surface area contributed by atoms with Crippen molar-refractivity contribution in [1.82, 2.24) is 40.4 Å². The van der Waals surface area contributed by atoms with Crippen LogP contribution in [-0.2, 0) is 36.1 Å². The van der Waals surface area contributed by atoms with E-state index >= 15 is 0 Å². The molecule has 0 aliphatic carbocycles. The fourth-order valence-electron chi connectivity index (χ4n) is 7.00. The third kappa shape index (κ3) is 7.16. The third-order valence-electron chi connectivity index (χ3n) is 9.77. The first-order valence-corrected chi connectivity index (χ1v) is 17.8. The van der Waals surface area contributed by atoms with E-state index in [0.29, 0.717) is 84.7 Å². The smallest absolute Gasteiger partial charge is 0.291 e. The maximum absolute atomic E-state index is 13.6. The predicted octanol–water partition coefficient (Wildman–Crippen LogP) is 3.97. The van der Waals surface area contributed by atoms with Gasteiger partial charge in [0.2, 0.25) is 17.7 Å². The summed E-state index contributed by atoms with van der Waals surface area (Å²) in [7, 11) is 3.38. The number of aromatic nitrogens is 4. The number of nitrogens with one attached hydrogen (secondary N) is 4. The Morgan fingerprint density at radius 3 is 2.69 bits per heavy atom. The van der Waals surface area contributed by atoms with Crippen LogP contribution in [0.5, 0.6) is 5.88 Å². The number of benzene rings is 1. The summed E-state index contributed by atoms with van der Waals surface area (Å²) in [4.78, 5) is 53.9. The monoisotopic (exact) mass is 731 g/mol. The van der Waals surface area contributed by atoms with Gasteiger partial charge in [-0.25, -0.2) is 9.97 Å². The van der Waals surface area contributed by atoms with Crippen LogP contribution in [0.15, 0.2) is 42.6 Å². The van der Waals surface area contributed by atoms with Crippen LogP contribution in [0.1, 0.15) is 46.8 Å². The first-order chi connectivity index (χ1) is 24.7. The van der Waals surface area contributed by atoms with Gasteiger partial charge in [-0.3, -0.25) is 19.4 Å². The van der Waals surface area contributed by atoms with E-state index in [2.05, 4.69) is 31.2 Å². The molecule has 7 rings (SSSR count). The molecule has 266 valence electrons. The molecule has 0 bridgehead atoms. The number of amides is 3. The number of rotatable bonds is 10. The van der Waals surface area contributed by atoms with E-state index in [9.17, 15) is 14.4 Å². The van der Waals surface area contributed by atoms with Gasteiger partial charge >= 0.3 is 0 Å². The van der Waals surface area contributed by atoms with Crippen LogP contribution in [-0.4, -0.2) is 81.5 Å². The molecule has 4 N–H and O–H groups in total. The number of imidazole rings is 1. The van der Waals surface area contributed by atoms with Crippen molar-refractivity contribution in [1.29, 1.82) is 0 Å². The van der Waals surface area contributed by atoms with Crippen molar-refractivity contribution in [2.75, 3.05) is 38.6 Å². The molecular formula is C36H39Cl2N9O4. The van der Waals surface area contributed by atoms with Gasteiger partial charge in [0.05, 0.1) is 52.4 Å². The number of pyridine rings is 2. The van der Waals surface area contributed by atoms with Crippen molar-refractivity contribution in [3.05, 3.63) is 75.4 Å². The molecule has 3 aliphatic rings. The summed E-state index contributed by atoms with van der Waals surface area (Å²) in [6, 6.07) is 11.0. The Hall–Kier alpha value is -4.56. The number of carbonyl (C=O) groups excluding carboxylic acids is 3. The van der Waals surface area contributed by atoms with Crippen LogP contribution < -0.4 is 26.0 Å². The van der Waals surface area contributed by atoms with Gasteiger partial charge in [0.15, 0.2) is 5.82 Å². The molecule has 0 spiro atoms. The molecule has 6 heterocycles. The van der Waals surface area contributed by atoms with Crippen molar-refractivity contribution in [2.24, 2.45) is 13.0 Å². The standard InChI is InChI=1S/C36H39Cl2N9O4/c1-46-28-12-15-47(36(50)21-10-13-39-17-21)19-27(28)43-33(46)34(49)44-26-5-3-4-24(30(26)37)32-31(38)23(11-14-41-32)25-8-6-20(35(45-25)51-2)16-40-18-22-7-9-29(48)42-22/h3-6,8,11,14,21-22,39-40H,7,9-10,12-13,15-19H2,1-2H3,(H,42,48)(H,44,49)/t21-,22+/m1/s1. The molecule has 3 aromatic heterocycles. The minimum Gasteiger partial charge on any atom is -0.481 e. The van der Waals surface area contributed by atoms with Crippen molar-refractivity contribution >= 4 is 46.6 Å². The minimum absolute atomic E-state index is 0.0113. The Morgan fingerprint density at radius 2 is 1.92 bits per heavy atom. The molecule has 15 heteroatoms. The second-order valence-corrected chi connectivity index (χ2v) is 13.8. The van der Waals surface area contributed by atoms with Gasteiger partial charge in [-0.05, 0) is 37.6 Å². The Bertz CT molecular complexity index is 2000. The van der Waals surface area contributed by atoms with E-state index in [1.165, 1.54) is 0 Å². The van der Waals surface area contributed by atoms with E-state index in [4.69, 9.17) is 32.9 Å². The van der Waals surface area contributed by atoms with Crippen LogP contribution in [0.2, 0.25) is 10.0 Å². The molecule has 0 radical (unpaired) electrons. The molecule has 2 saturated heterocycles. The topological polar surface area (TPSA) is 155 Å². The fourth-order valence-corrected chi connectivity index (χ4v) is 7.58. The van der Waals surface area contributed by atoms with Crippen molar-refractivity contribution < 1.29 is 19.1 Å². The van der Waals surface area contributed by atoms with Gasteiger partial charge in [-0.2, -0.15) is 0 Å². The quantitative estimate of drug-likeness (QED) is 0.190. The average molecular weight is 733 g/mol. The lowest BCUT2D eigenvalue weighted by Gasteiger charge is -2.28. The van der Waals surface area contributed by atoms with E-state index in [1.807, 2.05) is 24.1 Å². The largest absolute Gasteiger partial charge is 0.481 e. The zero-order valence-electron chi connectivity index (χ0n) is 28.4. The van der Waals surface area contributed by atoms with Gasteiger partial charge in [0.25, 0.3) is 5.91 Å². The van der Waals surface area contributed by atoms with Gasteiger partial charge in [-0.1, -0.05) is 41.4 Å². The molecule has 0 saturated carbocycles. The molecule has 4 aromatic rings. The second kappa shape index (κ2) is 15.0. The lowest BCUT2D eigenvalue weighted by molar-refractivity contribution is -0.136. The SMILES string of the molecule is COc1nc(-c2ccnc(-c3cccc(NC(=O)c4nc5c(n4C)CCN(C(=O)[C@@H]4CCNC4)C5)c3Cl)c2Cl)ccc1CNC[C@@H]1CCC(=O)N1. The zero-order valence-corrected chi connectivity index (χ0v) is 29.9. The number of carbonyl (C=O) groups is 3. The van der Waals surface area contributed by atoms with E-state index in [-0.39, 0.29) is 34.6 Å². The highest BCUT2D eigenvalue weighted by molar-refractivity contribution is 6.39. The summed E-state index contributed by atoms with van der Waals surface area (Å²) < 4.78 is 7.41. The van der Waals surface area contributed by atoms with E-state index in [1.54, 1.807) is 42.1 Å². The normalized spacial score (nSPS) is 18.4. The summed E-state index contributed by atoms with van der Waals surface area (Å²) in [6.45, 7) is 3.69. The number of methoxy groups -OCH3 is 1. The Labute approximate surface area is 305 Å². The number of hydrogen-bond acceptors (Lipinski definition) is 9. The number of hydrogen-bond donors (Lipinski definition) is 4. The predicted molar refractivity (Wildman–Crippen MR) is 194 cm³/mol. The highest BCUT2D eigenvalue weighted by Crippen LogP contribution is 2.40. The van der Waals surface area contributed by atoms with Crippen molar-refractivity contribution in [3.8, 4) is 28.4 Å². The second-order valence-electron chi connectivity index (χ2n) is 13.0. The summed E-state index contributed by atoms with van der Waals surface area (Å²) >= 11 is 13.9. The number of anilines is 1. The third-order valence-corrected chi connectivity index (χ3v) is 10.6. The lowest BCUT2D eigenvalue weighted by Crippen LogP contribution is -2.40. The van der Waals surface area contributed by atoms with Crippen LogP contribution in [0, 0.1) is 5.92 Å². The zero-order chi connectivity index (χ0) is 35.6. The highest BCUT2D eigenvalue weighted by Gasteiger charge is 2.32. The molecule has 51 heavy (non-hydrogen) atoms. The number of ether oxygens (including phenoxy) is 1. The molecular weight excluding hydrogens is 693 g/mol. The van der Waals surface area contributed by atoms with Crippen molar-refractivity contribution in [3.63, 3.8) is 0 Å². The van der Waals surface area contributed by atoms with Gasteiger partial charge in [0.1, 0.15) is 0 Å². The number of halogens is 2. The van der Waals surface area contributed by atoms with Gasteiger partial charge in [-0.15, -0.1) is 0 Å². The summed E-state index contributed by atoms with van der Waals surface area (Å²) in [5, 5.41) is 13.1. The molecule has 13 nitrogen and oxygen atoms in total. The van der Waals surface area contributed by atoms with Crippen LogP contribution in [0.25, 0.3) is 22.5 Å². The molecule has 0 unspecified atom stereocenters. The van der Waals surface area contributed by atoms with Gasteiger partial charge < -0.3 is 35.5 Å². The van der Waals surface area contributed by atoms with Crippen LogP contribution in [0.4, 0.5) is 5.69 Å². The summed E-state index contributed by atoms with van der Waals surface area (Å²) in [6.07, 6.45) is 4.46. The van der Waals surface area contributed by atoms with Gasteiger partial charge in [0, 0.05) is 80.7 Å². The molecule has 3 aliphatic heterocycles. The maximum Gasteiger partial charge on any atom is 0.291 e. The van der Waals surface area contributed by atoms with Crippen LogP contribution in [0.3, 0.4) is 0 Å². The molecule has 2 fully saturated rings. The number of fused-ring (bicyclic) bond motifs is 1. The molecule has 1 aromatic carbocycles. The Kier molecular flexibility index (Phi) is 10.2. The van der Waals surface area contributed by atoms with E-state index in [0.717, 1.165) is 36.3 Å². The average Bonchev–Trinajstić information content (AvgIpc) is 3.90. The minimum atomic E-state index is -0.421. The Morgan fingerprint density at radius 1 is 1.06 bits per heavy atom. The maximum atomic E-state index is 13.6. The first-order valence-electron chi connectivity index (χ1n) is 17.0. The van der Waals surface area contributed by atoms with E-state index < -0.39 is 5.91 Å². The first kappa shape index (κ1) is 34.9. The molecule has 3 amide bonds. The summed E-state index contributed by atoms with van der Waals surface area (Å²) in [5.41, 5.74) is 5.09. The summed E-state index contributed by atoms with van der Waals surface area (Å²) in [5.74, 6) is 0.474. The highest BCUT2D eigenvalue weighted by atomic mass is 35.5.